The number of nitrogens with one attached hydrogen (secondary N) is 1. The summed E-state index contributed by atoms with van der Waals surface area (Å²) in [7, 11) is 0. The minimum atomic E-state index is -0.926. The number of hydrogen-bond acceptors (Lipinski definition) is 4. The summed E-state index contributed by atoms with van der Waals surface area (Å²) in [6.45, 7) is 0.653. The zero-order valence-electron chi connectivity index (χ0n) is 14.0. The molecule has 2 aromatic heterocycles. The van der Waals surface area contributed by atoms with Crippen molar-refractivity contribution in [1.82, 2.24) is 19.6 Å². The molecule has 0 aliphatic heterocycles. The summed E-state index contributed by atoms with van der Waals surface area (Å²) in [5.74, 6) is -0.949. The van der Waals surface area contributed by atoms with Gasteiger partial charge in [0.05, 0.1) is 35.7 Å². The molecule has 0 bridgehead atoms. The van der Waals surface area contributed by atoms with E-state index in [0.29, 0.717) is 27.4 Å². The molecular formula is C17H15BrClN5O3. The molecule has 0 aliphatic rings. The highest BCUT2D eigenvalue weighted by Crippen LogP contribution is 2.23. The minimum Gasteiger partial charge on any atom is -0.481 e. The third kappa shape index (κ3) is 4.95. The average molecular weight is 453 g/mol. The third-order valence-electron chi connectivity index (χ3n) is 3.69. The zero-order chi connectivity index (χ0) is 19.4. The zero-order valence-corrected chi connectivity index (χ0v) is 16.3. The maximum atomic E-state index is 12.4. The van der Waals surface area contributed by atoms with Crippen LogP contribution in [0.1, 0.15) is 22.3 Å². The Bertz CT molecular complexity index is 985. The molecule has 1 amide bonds. The second kappa shape index (κ2) is 8.36. The first-order valence-corrected chi connectivity index (χ1v) is 9.11. The number of carboxylic acid groups (broad SMARTS) is 1. The first kappa shape index (κ1) is 19.1. The molecule has 0 unspecified atom stereocenters. The third-order valence-corrected chi connectivity index (χ3v) is 4.64. The SMILES string of the molecule is O=C(O)CCn1cc(C(=O)Nc2nn(Cc3ccccc3Cl)cc2Br)cn1. The Morgan fingerprint density at radius 2 is 2.00 bits per heavy atom. The lowest BCUT2D eigenvalue weighted by Gasteiger charge is -2.04. The normalized spacial score (nSPS) is 10.7. The van der Waals surface area contributed by atoms with Crippen molar-refractivity contribution in [3.8, 4) is 0 Å². The van der Waals surface area contributed by atoms with E-state index >= 15 is 0 Å². The highest BCUT2D eigenvalue weighted by molar-refractivity contribution is 9.10. The van der Waals surface area contributed by atoms with Crippen molar-refractivity contribution in [2.24, 2.45) is 0 Å². The summed E-state index contributed by atoms with van der Waals surface area (Å²) in [5.41, 5.74) is 1.22. The van der Waals surface area contributed by atoms with E-state index in [2.05, 4.69) is 31.4 Å². The van der Waals surface area contributed by atoms with Gasteiger partial charge in [0.2, 0.25) is 0 Å². The Labute approximate surface area is 167 Å². The Hall–Kier alpha value is -2.65. The van der Waals surface area contributed by atoms with Crippen LogP contribution in [-0.4, -0.2) is 36.5 Å². The molecule has 2 heterocycles. The fourth-order valence-electron chi connectivity index (χ4n) is 2.36. The van der Waals surface area contributed by atoms with Crippen molar-refractivity contribution in [2.45, 2.75) is 19.5 Å². The van der Waals surface area contributed by atoms with Crippen molar-refractivity contribution in [3.63, 3.8) is 0 Å². The van der Waals surface area contributed by atoms with Gasteiger partial charge >= 0.3 is 5.97 Å². The van der Waals surface area contributed by atoms with Crippen LogP contribution in [0.5, 0.6) is 0 Å². The van der Waals surface area contributed by atoms with Crippen molar-refractivity contribution in [2.75, 3.05) is 5.32 Å². The lowest BCUT2D eigenvalue weighted by atomic mass is 10.2. The topological polar surface area (TPSA) is 102 Å². The molecule has 3 aromatic rings. The molecule has 8 nitrogen and oxygen atoms in total. The molecule has 27 heavy (non-hydrogen) atoms. The second-order valence-corrected chi connectivity index (χ2v) is 6.97. The van der Waals surface area contributed by atoms with Gasteiger partial charge < -0.3 is 10.4 Å². The van der Waals surface area contributed by atoms with E-state index in [1.54, 1.807) is 16.9 Å². The molecule has 0 spiro atoms. The summed E-state index contributed by atoms with van der Waals surface area (Å²) in [6.07, 6.45) is 4.55. The van der Waals surface area contributed by atoms with Crippen LogP contribution >= 0.6 is 27.5 Å². The summed E-state index contributed by atoms with van der Waals surface area (Å²) in [6, 6.07) is 7.46. The summed E-state index contributed by atoms with van der Waals surface area (Å²) in [4.78, 5) is 23.0. The summed E-state index contributed by atoms with van der Waals surface area (Å²) >= 11 is 9.54. The standard InChI is InChI=1S/C17H15BrClN5O3/c18-13-10-24(8-11-3-1-2-4-14(11)19)22-16(13)21-17(27)12-7-20-23(9-12)6-5-15(25)26/h1-4,7,9-10H,5-6,8H2,(H,25,26)(H,21,22,27). The molecule has 1 aromatic carbocycles. The molecule has 0 aliphatic carbocycles. The lowest BCUT2D eigenvalue weighted by molar-refractivity contribution is -0.137. The van der Waals surface area contributed by atoms with E-state index < -0.39 is 5.97 Å². The van der Waals surface area contributed by atoms with E-state index in [0.717, 1.165) is 5.56 Å². The number of rotatable bonds is 7. The van der Waals surface area contributed by atoms with E-state index in [1.807, 2.05) is 18.2 Å². The van der Waals surface area contributed by atoms with Crippen molar-refractivity contribution < 1.29 is 14.7 Å². The number of benzene rings is 1. The number of amides is 1. The Kier molecular flexibility index (Phi) is 5.92. The lowest BCUT2D eigenvalue weighted by Crippen LogP contribution is -2.13. The highest BCUT2D eigenvalue weighted by Gasteiger charge is 2.14. The molecule has 3 rings (SSSR count). The number of aryl methyl sites for hydroxylation is 1. The molecule has 0 fully saturated rings. The van der Waals surface area contributed by atoms with Crippen LogP contribution in [0.2, 0.25) is 5.02 Å². The van der Waals surface area contributed by atoms with E-state index in [1.165, 1.54) is 17.1 Å². The van der Waals surface area contributed by atoms with Crippen LogP contribution in [0.4, 0.5) is 5.82 Å². The maximum Gasteiger partial charge on any atom is 0.305 e. The maximum absolute atomic E-state index is 12.4. The van der Waals surface area contributed by atoms with Crippen molar-refractivity contribution in [1.29, 1.82) is 0 Å². The van der Waals surface area contributed by atoms with Gasteiger partial charge in [-0.25, -0.2) is 0 Å². The van der Waals surface area contributed by atoms with E-state index in [4.69, 9.17) is 16.7 Å². The van der Waals surface area contributed by atoms with Crippen molar-refractivity contribution >= 4 is 45.2 Å². The number of carbonyl (C=O) groups is 2. The van der Waals surface area contributed by atoms with Gasteiger partial charge in [-0.1, -0.05) is 29.8 Å². The fraction of sp³-hybridized carbons (Fsp3) is 0.176. The van der Waals surface area contributed by atoms with E-state index in [9.17, 15) is 9.59 Å². The van der Waals surface area contributed by atoms with Crippen LogP contribution in [0.15, 0.2) is 47.3 Å². The quantitative estimate of drug-likeness (QED) is 0.573. The van der Waals surface area contributed by atoms with Gasteiger partial charge in [-0.2, -0.15) is 10.2 Å². The van der Waals surface area contributed by atoms with Crippen LogP contribution < -0.4 is 5.32 Å². The number of nitrogens with zero attached hydrogens (tertiary/aromatic N) is 4. The predicted octanol–water partition coefficient (Wildman–Crippen LogP) is 3.27. The highest BCUT2D eigenvalue weighted by atomic mass is 79.9. The van der Waals surface area contributed by atoms with Crippen LogP contribution in [0.3, 0.4) is 0 Å². The Morgan fingerprint density at radius 3 is 2.74 bits per heavy atom. The number of anilines is 1. The number of carbonyl (C=O) groups excluding carboxylic acids is 1. The molecular weight excluding hydrogens is 438 g/mol. The van der Waals surface area contributed by atoms with Gasteiger partial charge in [0.15, 0.2) is 5.82 Å². The van der Waals surface area contributed by atoms with Gasteiger partial charge in [-0.05, 0) is 27.6 Å². The van der Waals surface area contributed by atoms with Gasteiger partial charge in [0, 0.05) is 17.4 Å². The molecule has 0 atom stereocenters. The molecule has 10 heteroatoms. The first-order valence-electron chi connectivity index (χ1n) is 7.94. The molecule has 2 N–H and O–H groups in total. The van der Waals surface area contributed by atoms with Crippen molar-refractivity contribution in [3.05, 3.63) is 63.5 Å². The Morgan fingerprint density at radius 1 is 1.22 bits per heavy atom. The molecule has 140 valence electrons. The average Bonchev–Trinajstić information content (AvgIpc) is 3.22. The Balaban J connectivity index is 1.67. The molecule has 0 saturated carbocycles. The summed E-state index contributed by atoms with van der Waals surface area (Å²) < 4.78 is 3.70. The fourth-order valence-corrected chi connectivity index (χ4v) is 2.97. The monoisotopic (exact) mass is 451 g/mol. The largest absolute Gasteiger partial charge is 0.481 e. The smallest absolute Gasteiger partial charge is 0.305 e. The van der Waals surface area contributed by atoms with Crippen LogP contribution in [-0.2, 0) is 17.9 Å². The van der Waals surface area contributed by atoms with E-state index in [-0.39, 0.29) is 18.9 Å². The summed E-state index contributed by atoms with van der Waals surface area (Å²) in [5, 5.41) is 20.4. The number of carboxylic acids is 1. The first-order chi connectivity index (χ1) is 12.9. The number of hydrogen-bond donors (Lipinski definition) is 2. The minimum absolute atomic E-state index is 0.0687. The molecule has 0 radical (unpaired) electrons. The van der Waals surface area contributed by atoms with Gasteiger partial charge in [0.1, 0.15) is 0 Å². The number of halogens is 2. The van der Waals surface area contributed by atoms with Gasteiger partial charge in [-0.15, -0.1) is 0 Å². The second-order valence-electron chi connectivity index (χ2n) is 5.70. The van der Waals surface area contributed by atoms with Crippen LogP contribution in [0, 0.1) is 0 Å². The predicted molar refractivity (Wildman–Crippen MR) is 103 cm³/mol. The number of aliphatic carboxylic acids is 1. The molecule has 0 saturated heterocycles. The number of aromatic nitrogens is 4. The van der Waals surface area contributed by atoms with Crippen LogP contribution in [0.25, 0.3) is 0 Å². The van der Waals surface area contributed by atoms with Gasteiger partial charge in [0.25, 0.3) is 5.91 Å². The van der Waals surface area contributed by atoms with Gasteiger partial charge in [-0.3, -0.25) is 19.0 Å².